The Kier molecular flexibility index (Phi) is 5.79. The van der Waals surface area contributed by atoms with Crippen molar-refractivity contribution in [3.63, 3.8) is 0 Å². The normalized spacial score (nSPS) is 11.9. The highest BCUT2D eigenvalue weighted by Gasteiger charge is 2.14. The third-order valence-corrected chi connectivity index (χ3v) is 4.19. The van der Waals surface area contributed by atoms with Crippen molar-refractivity contribution in [2.75, 3.05) is 0 Å². The molecule has 3 rings (SSSR count). The molecule has 134 valence electrons. The van der Waals surface area contributed by atoms with E-state index in [9.17, 15) is 4.79 Å². The summed E-state index contributed by atoms with van der Waals surface area (Å²) in [6.07, 6.45) is 1.91. The van der Waals surface area contributed by atoms with Gasteiger partial charge in [0.2, 0.25) is 17.7 Å². The Morgan fingerprint density at radius 3 is 2.54 bits per heavy atom. The van der Waals surface area contributed by atoms with E-state index in [1.54, 1.807) is 0 Å². The predicted octanol–water partition coefficient (Wildman–Crippen LogP) is 3.73. The van der Waals surface area contributed by atoms with Gasteiger partial charge in [-0.3, -0.25) is 4.79 Å². The summed E-state index contributed by atoms with van der Waals surface area (Å²) in [5.74, 6) is 0.655. The van der Waals surface area contributed by atoms with Crippen molar-refractivity contribution in [2.45, 2.75) is 39.2 Å². The maximum atomic E-state index is 12.2. The summed E-state index contributed by atoms with van der Waals surface area (Å²) in [7, 11) is 0. The lowest BCUT2D eigenvalue weighted by atomic mass is 10.1. The van der Waals surface area contributed by atoms with Crippen LogP contribution < -0.4 is 5.32 Å². The molecule has 2 aromatic carbocycles. The van der Waals surface area contributed by atoms with E-state index in [1.165, 1.54) is 5.56 Å². The number of carbonyl (C=O) groups is 1. The van der Waals surface area contributed by atoms with Crippen LogP contribution in [-0.4, -0.2) is 22.1 Å². The summed E-state index contributed by atoms with van der Waals surface area (Å²) in [6.45, 7) is 4.03. The van der Waals surface area contributed by atoms with Gasteiger partial charge < -0.3 is 9.73 Å². The second-order valence-electron chi connectivity index (χ2n) is 6.54. The van der Waals surface area contributed by atoms with Gasteiger partial charge in [-0.25, -0.2) is 0 Å². The first-order valence-electron chi connectivity index (χ1n) is 8.83. The molecule has 0 aliphatic heterocycles. The van der Waals surface area contributed by atoms with Gasteiger partial charge in [-0.2, -0.15) is 0 Å². The molecule has 1 amide bonds. The van der Waals surface area contributed by atoms with Crippen molar-refractivity contribution >= 4 is 5.91 Å². The van der Waals surface area contributed by atoms with Gasteiger partial charge in [0.05, 0.1) is 0 Å². The Morgan fingerprint density at radius 2 is 1.81 bits per heavy atom. The highest BCUT2D eigenvalue weighted by molar-refractivity contribution is 5.77. The van der Waals surface area contributed by atoms with E-state index < -0.39 is 0 Å². The Bertz CT molecular complexity index is 841. The topological polar surface area (TPSA) is 68.0 Å². The van der Waals surface area contributed by atoms with E-state index in [0.717, 1.165) is 24.0 Å². The van der Waals surface area contributed by atoms with Gasteiger partial charge in [0.15, 0.2) is 0 Å². The maximum absolute atomic E-state index is 12.2. The number of hydrogen-bond donors (Lipinski definition) is 1. The molecule has 0 saturated heterocycles. The van der Waals surface area contributed by atoms with Gasteiger partial charge in [-0.1, -0.05) is 48.0 Å². The summed E-state index contributed by atoms with van der Waals surface area (Å²) in [4.78, 5) is 12.2. The lowest BCUT2D eigenvalue weighted by molar-refractivity contribution is -0.121. The number of amides is 1. The van der Waals surface area contributed by atoms with Crippen molar-refractivity contribution in [1.82, 2.24) is 15.5 Å². The highest BCUT2D eigenvalue weighted by atomic mass is 16.4. The Hall–Kier alpha value is -2.95. The molecule has 0 aliphatic rings. The largest absolute Gasteiger partial charge is 0.420 e. The van der Waals surface area contributed by atoms with Gasteiger partial charge in [0.1, 0.15) is 6.42 Å². The number of carbonyl (C=O) groups excluding carboxylic acids is 1. The van der Waals surface area contributed by atoms with Crippen molar-refractivity contribution in [3.05, 3.63) is 71.6 Å². The lowest BCUT2D eigenvalue weighted by Crippen LogP contribution is -2.34. The number of nitrogens with one attached hydrogen (secondary N) is 1. The number of aryl methyl sites for hydroxylation is 2. The zero-order valence-corrected chi connectivity index (χ0v) is 15.1. The zero-order valence-electron chi connectivity index (χ0n) is 15.1. The van der Waals surface area contributed by atoms with Crippen molar-refractivity contribution in [2.24, 2.45) is 0 Å². The second kappa shape index (κ2) is 8.43. The van der Waals surface area contributed by atoms with E-state index in [4.69, 9.17) is 4.42 Å². The Balaban J connectivity index is 1.49. The Morgan fingerprint density at radius 1 is 1.08 bits per heavy atom. The van der Waals surface area contributed by atoms with Crippen LogP contribution in [0.1, 0.15) is 30.4 Å². The van der Waals surface area contributed by atoms with Gasteiger partial charge in [-0.15, -0.1) is 10.2 Å². The van der Waals surface area contributed by atoms with Crippen molar-refractivity contribution in [1.29, 1.82) is 0 Å². The number of hydrogen-bond acceptors (Lipinski definition) is 4. The average Bonchev–Trinajstić information content (AvgIpc) is 3.09. The SMILES string of the molecule is Cc1ccc(-c2nnc(CC(=O)N[C@@H](C)CCc3ccccc3)o2)cc1. The molecule has 0 radical (unpaired) electrons. The molecule has 5 nitrogen and oxygen atoms in total. The fourth-order valence-electron chi connectivity index (χ4n) is 2.70. The van der Waals surface area contributed by atoms with Crippen LogP contribution in [0.15, 0.2) is 59.0 Å². The number of rotatable bonds is 7. The molecular formula is C21H23N3O2. The molecule has 0 unspecified atom stereocenters. The minimum atomic E-state index is -0.107. The molecule has 0 aliphatic carbocycles. The quantitative estimate of drug-likeness (QED) is 0.706. The van der Waals surface area contributed by atoms with E-state index >= 15 is 0 Å². The first-order chi connectivity index (χ1) is 12.6. The Labute approximate surface area is 153 Å². The lowest BCUT2D eigenvalue weighted by Gasteiger charge is -2.13. The van der Waals surface area contributed by atoms with Crippen LogP contribution in [0.2, 0.25) is 0 Å². The number of nitrogens with zero attached hydrogens (tertiary/aromatic N) is 2. The molecule has 26 heavy (non-hydrogen) atoms. The van der Waals surface area contributed by atoms with Gasteiger partial charge >= 0.3 is 0 Å². The predicted molar refractivity (Wildman–Crippen MR) is 101 cm³/mol. The molecule has 0 bridgehead atoms. The van der Waals surface area contributed by atoms with Crippen LogP contribution in [0.25, 0.3) is 11.5 Å². The molecule has 3 aromatic rings. The van der Waals surface area contributed by atoms with E-state index in [-0.39, 0.29) is 18.4 Å². The summed E-state index contributed by atoms with van der Waals surface area (Å²) >= 11 is 0. The van der Waals surface area contributed by atoms with E-state index in [1.807, 2.05) is 56.3 Å². The fraction of sp³-hybridized carbons (Fsp3) is 0.286. The smallest absolute Gasteiger partial charge is 0.247 e. The third kappa shape index (κ3) is 5.02. The molecule has 1 N–H and O–H groups in total. The average molecular weight is 349 g/mol. The first kappa shape index (κ1) is 17.9. The molecule has 0 saturated carbocycles. The van der Waals surface area contributed by atoms with Gasteiger partial charge in [0.25, 0.3) is 0 Å². The van der Waals surface area contributed by atoms with Crippen molar-refractivity contribution in [3.8, 4) is 11.5 Å². The monoisotopic (exact) mass is 349 g/mol. The minimum absolute atomic E-state index is 0.0854. The van der Waals surface area contributed by atoms with Crippen LogP contribution in [-0.2, 0) is 17.6 Å². The number of aromatic nitrogens is 2. The summed E-state index contributed by atoms with van der Waals surface area (Å²) in [5.41, 5.74) is 3.29. The molecule has 5 heteroatoms. The molecular weight excluding hydrogens is 326 g/mol. The second-order valence-corrected chi connectivity index (χ2v) is 6.54. The molecule has 0 spiro atoms. The molecule has 0 fully saturated rings. The molecule has 1 aromatic heterocycles. The van der Waals surface area contributed by atoms with Crippen LogP contribution in [0.3, 0.4) is 0 Å². The van der Waals surface area contributed by atoms with Crippen LogP contribution in [0, 0.1) is 6.92 Å². The summed E-state index contributed by atoms with van der Waals surface area (Å²) in [5, 5.41) is 11.0. The highest BCUT2D eigenvalue weighted by Crippen LogP contribution is 2.18. The number of benzene rings is 2. The van der Waals surface area contributed by atoms with Crippen LogP contribution in [0.4, 0.5) is 0 Å². The van der Waals surface area contributed by atoms with E-state index in [2.05, 4.69) is 27.6 Å². The summed E-state index contributed by atoms with van der Waals surface area (Å²) in [6, 6.07) is 18.2. The summed E-state index contributed by atoms with van der Waals surface area (Å²) < 4.78 is 5.61. The van der Waals surface area contributed by atoms with E-state index in [0.29, 0.717) is 11.8 Å². The molecule has 1 heterocycles. The minimum Gasteiger partial charge on any atom is -0.420 e. The first-order valence-corrected chi connectivity index (χ1v) is 8.83. The zero-order chi connectivity index (χ0) is 18.4. The maximum Gasteiger partial charge on any atom is 0.247 e. The fourth-order valence-corrected chi connectivity index (χ4v) is 2.70. The van der Waals surface area contributed by atoms with Crippen LogP contribution in [0.5, 0.6) is 0 Å². The van der Waals surface area contributed by atoms with Crippen molar-refractivity contribution < 1.29 is 9.21 Å². The van der Waals surface area contributed by atoms with Gasteiger partial charge in [0, 0.05) is 11.6 Å². The molecule has 1 atom stereocenters. The van der Waals surface area contributed by atoms with Gasteiger partial charge in [-0.05, 0) is 44.4 Å². The van der Waals surface area contributed by atoms with Crippen LogP contribution >= 0.6 is 0 Å². The third-order valence-electron chi connectivity index (χ3n) is 4.19. The standard InChI is InChI=1S/C21H23N3O2/c1-15-8-12-18(13-9-15)21-24-23-20(26-21)14-19(25)22-16(2)10-11-17-6-4-3-5-7-17/h3-9,12-13,16H,10-11,14H2,1-2H3,(H,22,25)/t16-/m0/s1.